The molecule has 1 nitrogen and oxygen atoms in total. The predicted molar refractivity (Wildman–Crippen MR) is 97.5 cm³/mol. The fraction of sp³-hybridized carbons (Fsp3) is 0.200. The second-order valence-electron chi connectivity index (χ2n) is 6.21. The van der Waals surface area contributed by atoms with Crippen LogP contribution in [0.2, 0.25) is 0 Å². The fourth-order valence-corrected chi connectivity index (χ4v) is 3.42. The van der Waals surface area contributed by atoms with Crippen molar-refractivity contribution in [2.45, 2.75) is 27.7 Å². The average molecular weight is 287 g/mol. The molecule has 0 aliphatic carbocycles. The van der Waals surface area contributed by atoms with E-state index in [1.807, 2.05) is 0 Å². The largest absolute Gasteiger partial charge is 0.420 e. The molecule has 0 aromatic heterocycles. The molecule has 1 heterocycles. The van der Waals surface area contributed by atoms with Crippen molar-refractivity contribution in [2.24, 2.45) is 0 Å². The Morgan fingerprint density at radius 2 is 1.55 bits per heavy atom. The third-order valence-corrected chi connectivity index (χ3v) is 4.36. The van der Waals surface area contributed by atoms with Crippen LogP contribution >= 0.6 is 0 Å². The number of allylic oxidation sites excluding steroid dienone is 2. The highest BCUT2D eigenvalue weighted by Gasteiger charge is 2.22. The zero-order valence-electron chi connectivity index (χ0n) is 13.8. The molecule has 0 saturated carbocycles. The van der Waals surface area contributed by atoms with Gasteiger partial charge in [0.05, 0.1) is 0 Å². The van der Waals surface area contributed by atoms with Gasteiger partial charge in [0.25, 0.3) is 0 Å². The summed E-state index contributed by atoms with van der Waals surface area (Å²) in [4.78, 5) is 0. The van der Waals surface area contributed by atoms with Gasteiger partial charge in [0.2, 0.25) is 0 Å². The maximum atomic E-state index is 3.70. The molecule has 0 unspecified atom stereocenters. The third kappa shape index (κ3) is 2.74. The first kappa shape index (κ1) is 14.7. The van der Waals surface area contributed by atoms with Crippen molar-refractivity contribution in [1.82, 2.24) is 5.23 Å². The predicted octanol–water partition coefficient (Wildman–Crippen LogP) is 3.86. The van der Waals surface area contributed by atoms with Gasteiger partial charge in [-0.2, -0.15) is 0 Å². The Morgan fingerprint density at radius 1 is 0.864 bits per heavy atom. The van der Waals surface area contributed by atoms with Gasteiger partial charge in [-0.05, 0) is 50.4 Å². The van der Waals surface area contributed by atoms with Gasteiger partial charge in [-0.25, -0.2) is 0 Å². The summed E-state index contributed by atoms with van der Waals surface area (Å²) in [7, 11) is 0. The summed E-state index contributed by atoms with van der Waals surface area (Å²) in [5.74, 6) is 2.24. The van der Waals surface area contributed by atoms with Crippen molar-refractivity contribution < 1.29 is 0 Å². The van der Waals surface area contributed by atoms with Gasteiger partial charge < -0.3 is 5.23 Å². The van der Waals surface area contributed by atoms with Crippen molar-refractivity contribution in [3.63, 3.8) is 0 Å². The molecule has 1 aliphatic heterocycles. The maximum Gasteiger partial charge on any atom is 0.313 e. The number of nitrogens with one attached hydrogen (secondary N) is 1. The van der Waals surface area contributed by atoms with E-state index in [1.54, 1.807) is 0 Å². The Bertz CT molecular complexity index is 748. The molecule has 3 rings (SSSR count). The standard InChI is InChI=1S/C20H22BN/c1-14-12-16(3)20(17(4)13-14)21-11-7-10-19(22-21)18-9-6-5-8-15(18)2/h5-13,22H,1-4H3. The molecule has 0 radical (unpaired) electrons. The van der Waals surface area contributed by atoms with Crippen LogP contribution in [0.4, 0.5) is 0 Å². The lowest BCUT2D eigenvalue weighted by Crippen LogP contribution is -2.46. The van der Waals surface area contributed by atoms with Crippen LogP contribution in [0.25, 0.3) is 5.70 Å². The summed E-state index contributed by atoms with van der Waals surface area (Å²) in [6, 6.07) is 13.1. The lowest BCUT2D eigenvalue weighted by Gasteiger charge is -2.23. The molecule has 0 bridgehead atoms. The molecule has 1 N–H and O–H groups in total. The van der Waals surface area contributed by atoms with Gasteiger partial charge in [-0.15, -0.1) is 0 Å². The van der Waals surface area contributed by atoms with Crippen LogP contribution in [0.1, 0.15) is 27.8 Å². The van der Waals surface area contributed by atoms with Crippen molar-refractivity contribution in [3.05, 3.63) is 82.3 Å². The van der Waals surface area contributed by atoms with E-state index < -0.39 is 0 Å². The lowest BCUT2D eigenvalue weighted by molar-refractivity contribution is 1.28. The number of aryl methyl sites for hydroxylation is 4. The van der Waals surface area contributed by atoms with E-state index in [1.165, 1.54) is 39.0 Å². The van der Waals surface area contributed by atoms with Crippen molar-refractivity contribution in [3.8, 4) is 0 Å². The van der Waals surface area contributed by atoms with Gasteiger partial charge in [0.1, 0.15) is 0 Å². The Labute approximate surface area is 133 Å². The monoisotopic (exact) mass is 287 g/mol. The van der Waals surface area contributed by atoms with Crippen LogP contribution in [-0.4, -0.2) is 6.85 Å². The van der Waals surface area contributed by atoms with Crippen molar-refractivity contribution >= 4 is 18.0 Å². The molecule has 2 heteroatoms. The summed E-state index contributed by atoms with van der Waals surface area (Å²) in [6.45, 7) is 8.97. The Balaban J connectivity index is 1.96. The SMILES string of the molecule is Cc1cc(C)c(B2C=CC=C(c3ccccc3C)N2)c(C)c1. The van der Waals surface area contributed by atoms with Crippen LogP contribution in [-0.2, 0) is 0 Å². The molecule has 0 saturated heterocycles. The van der Waals surface area contributed by atoms with E-state index in [-0.39, 0.29) is 6.85 Å². The quantitative estimate of drug-likeness (QED) is 0.827. The minimum absolute atomic E-state index is 0.236. The minimum atomic E-state index is 0.236. The van der Waals surface area contributed by atoms with Gasteiger partial charge in [-0.1, -0.05) is 65.1 Å². The highest BCUT2D eigenvalue weighted by Crippen LogP contribution is 2.19. The molecular weight excluding hydrogens is 265 g/mol. The highest BCUT2D eigenvalue weighted by atomic mass is 14.8. The normalized spacial score (nSPS) is 13.8. The molecular formula is C20H22BN. The van der Waals surface area contributed by atoms with Crippen LogP contribution in [0.15, 0.2) is 54.5 Å². The van der Waals surface area contributed by atoms with E-state index in [9.17, 15) is 0 Å². The molecule has 0 amide bonds. The summed E-state index contributed by atoms with van der Waals surface area (Å²) >= 11 is 0. The highest BCUT2D eigenvalue weighted by molar-refractivity contribution is 6.77. The van der Waals surface area contributed by atoms with Crippen LogP contribution in [0, 0.1) is 27.7 Å². The van der Waals surface area contributed by atoms with Gasteiger partial charge in [0, 0.05) is 5.70 Å². The lowest BCUT2D eigenvalue weighted by atomic mass is 9.52. The molecule has 110 valence electrons. The van der Waals surface area contributed by atoms with Gasteiger partial charge in [0.15, 0.2) is 0 Å². The van der Waals surface area contributed by atoms with E-state index in [4.69, 9.17) is 0 Å². The minimum Gasteiger partial charge on any atom is -0.420 e. The van der Waals surface area contributed by atoms with Gasteiger partial charge in [-0.3, -0.25) is 0 Å². The topological polar surface area (TPSA) is 12.0 Å². The molecule has 0 fully saturated rings. The zero-order valence-corrected chi connectivity index (χ0v) is 13.8. The molecule has 22 heavy (non-hydrogen) atoms. The molecule has 1 aliphatic rings. The zero-order chi connectivity index (χ0) is 15.7. The summed E-state index contributed by atoms with van der Waals surface area (Å²) in [5, 5.41) is 3.70. The third-order valence-electron chi connectivity index (χ3n) is 4.36. The van der Waals surface area contributed by atoms with E-state index in [2.05, 4.69) is 87.4 Å². The fourth-order valence-electron chi connectivity index (χ4n) is 3.42. The summed E-state index contributed by atoms with van der Waals surface area (Å²) in [5.41, 5.74) is 9.20. The van der Waals surface area contributed by atoms with Crippen LogP contribution in [0.5, 0.6) is 0 Å². The molecule has 2 aromatic carbocycles. The van der Waals surface area contributed by atoms with Crippen molar-refractivity contribution in [1.29, 1.82) is 0 Å². The number of rotatable bonds is 2. The Hall–Kier alpha value is -2.22. The Morgan fingerprint density at radius 3 is 2.23 bits per heavy atom. The number of hydrogen-bond acceptors (Lipinski definition) is 1. The smallest absolute Gasteiger partial charge is 0.313 e. The van der Waals surface area contributed by atoms with E-state index in [0.29, 0.717) is 0 Å². The Kier molecular flexibility index (Phi) is 3.93. The second kappa shape index (κ2) is 5.88. The first-order valence-electron chi connectivity index (χ1n) is 7.85. The van der Waals surface area contributed by atoms with Crippen LogP contribution < -0.4 is 10.7 Å². The average Bonchev–Trinajstić information content (AvgIpc) is 2.47. The summed E-state index contributed by atoms with van der Waals surface area (Å²) < 4.78 is 0. The maximum absolute atomic E-state index is 3.70. The van der Waals surface area contributed by atoms with E-state index in [0.717, 1.165) is 0 Å². The number of hydrogen-bond donors (Lipinski definition) is 1. The number of benzene rings is 2. The van der Waals surface area contributed by atoms with Gasteiger partial charge >= 0.3 is 6.85 Å². The molecule has 2 aromatic rings. The molecule has 0 atom stereocenters. The van der Waals surface area contributed by atoms with Crippen LogP contribution in [0.3, 0.4) is 0 Å². The molecule has 0 spiro atoms. The van der Waals surface area contributed by atoms with E-state index >= 15 is 0 Å². The second-order valence-corrected chi connectivity index (χ2v) is 6.21. The van der Waals surface area contributed by atoms with Crippen molar-refractivity contribution in [2.75, 3.05) is 0 Å². The summed E-state index contributed by atoms with van der Waals surface area (Å²) in [6.07, 6.45) is 4.33. The first-order chi connectivity index (χ1) is 10.6. The first-order valence-corrected chi connectivity index (χ1v) is 7.85.